The number of hydrogen-bond donors (Lipinski definition) is 1. The topological polar surface area (TPSA) is 23.5 Å². The monoisotopic (exact) mass is 195 g/mol. The fourth-order valence-electron chi connectivity index (χ4n) is 3.96. The van der Waals surface area contributed by atoms with Crippen molar-refractivity contribution in [1.29, 1.82) is 0 Å². The van der Waals surface area contributed by atoms with Gasteiger partial charge in [-0.15, -0.1) is 0 Å². The molecule has 2 saturated heterocycles. The largest absolute Gasteiger partial charge is 0.393 e. The van der Waals surface area contributed by atoms with E-state index >= 15 is 0 Å². The SMILES string of the molecule is OC1CCCC(N2C3CCC2CC3)C1. The minimum absolute atomic E-state index is 0.00579. The molecule has 0 spiro atoms. The molecule has 0 aromatic carbocycles. The molecule has 2 aliphatic heterocycles. The second-order valence-corrected chi connectivity index (χ2v) is 5.38. The van der Waals surface area contributed by atoms with Crippen LogP contribution in [0.3, 0.4) is 0 Å². The lowest BCUT2D eigenvalue weighted by Gasteiger charge is -2.36. The number of nitrogens with zero attached hydrogens (tertiary/aromatic N) is 1. The zero-order valence-corrected chi connectivity index (χ0v) is 8.86. The van der Waals surface area contributed by atoms with E-state index < -0.39 is 0 Å². The Balaban J connectivity index is 1.69. The Morgan fingerprint density at radius 1 is 0.786 bits per heavy atom. The Bertz CT molecular complexity index is 198. The Hall–Kier alpha value is -0.0800. The summed E-state index contributed by atoms with van der Waals surface area (Å²) in [4.78, 5) is 2.77. The predicted octanol–water partition coefficient (Wildman–Crippen LogP) is 1.92. The molecule has 0 radical (unpaired) electrons. The molecule has 3 fully saturated rings. The van der Waals surface area contributed by atoms with Crippen LogP contribution in [-0.2, 0) is 0 Å². The van der Waals surface area contributed by atoms with E-state index in [-0.39, 0.29) is 6.10 Å². The summed E-state index contributed by atoms with van der Waals surface area (Å²) in [6.45, 7) is 0. The number of rotatable bonds is 1. The third-order valence-corrected chi connectivity index (χ3v) is 4.55. The van der Waals surface area contributed by atoms with Crippen molar-refractivity contribution in [2.24, 2.45) is 0 Å². The smallest absolute Gasteiger partial charge is 0.0555 e. The van der Waals surface area contributed by atoms with Crippen molar-refractivity contribution in [1.82, 2.24) is 4.90 Å². The van der Waals surface area contributed by atoms with Gasteiger partial charge in [0.05, 0.1) is 6.10 Å². The Labute approximate surface area is 86.3 Å². The first-order chi connectivity index (χ1) is 6.84. The molecule has 14 heavy (non-hydrogen) atoms. The summed E-state index contributed by atoms with van der Waals surface area (Å²) in [7, 11) is 0. The Kier molecular flexibility index (Phi) is 2.29. The van der Waals surface area contributed by atoms with Gasteiger partial charge in [-0.25, -0.2) is 0 Å². The van der Waals surface area contributed by atoms with Crippen molar-refractivity contribution in [2.45, 2.75) is 75.6 Å². The lowest BCUT2D eigenvalue weighted by Crippen LogP contribution is -2.42. The van der Waals surface area contributed by atoms with Gasteiger partial charge in [-0.05, 0) is 51.4 Å². The highest BCUT2D eigenvalue weighted by molar-refractivity contribution is 4.99. The van der Waals surface area contributed by atoms with E-state index in [0.717, 1.165) is 31.0 Å². The molecule has 1 N–H and O–H groups in total. The zero-order chi connectivity index (χ0) is 9.54. The summed E-state index contributed by atoms with van der Waals surface area (Å²) in [5.41, 5.74) is 0. The van der Waals surface area contributed by atoms with Crippen molar-refractivity contribution in [3.8, 4) is 0 Å². The molecule has 2 bridgehead atoms. The highest BCUT2D eigenvalue weighted by Gasteiger charge is 2.43. The first-order valence-electron chi connectivity index (χ1n) is 6.30. The minimum atomic E-state index is -0.00579. The van der Waals surface area contributed by atoms with Crippen molar-refractivity contribution in [3.05, 3.63) is 0 Å². The van der Waals surface area contributed by atoms with E-state index in [1.807, 2.05) is 0 Å². The number of aliphatic hydroxyl groups excluding tert-OH is 1. The van der Waals surface area contributed by atoms with Crippen LogP contribution in [0.4, 0.5) is 0 Å². The maximum Gasteiger partial charge on any atom is 0.0555 e. The van der Waals surface area contributed by atoms with Crippen LogP contribution in [0.1, 0.15) is 51.4 Å². The van der Waals surface area contributed by atoms with Crippen molar-refractivity contribution in [3.63, 3.8) is 0 Å². The fraction of sp³-hybridized carbons (Fsp3) is 1.00. The summed E-state index contributed by atoms with van der Waals surface area (Å²) < 4.78 is 0. The molecular weight excluding hydrogens is 174 g/mol. The minimum Gasteiger partial charge on any atom is -0.393 e. The second-order valence-electron chi connectivity index (χ2n) is 5.38. The number of aliphatic hydroxyl groups is 1. The Morgan fingerprint density at radius 2 is 1.43 bits per heavy atom. The average Bonchev–Trinajstić information content (AvgIpc) is 2.76. The molecule has 2 heteroatoms. The van der Waals surface area contributed by atoms with Gasteiger partial charge < -0.3 is 5.11 Å². The van der Waals surface area contributed by atoms with Crippen LogP contribution in [0.25, 0.3) is 0 Å². The van der Waals surface area contributed by atoms with E-state index in [1.54, 1.807) is 0 Å². The van der Waals surface area contributed by atoms with Crippen molar-refractivity contribution >= 4 is 0 Å². The zero-order valence-electron chi connectivity index (χ0n) is 8.86. The van der Waals surface area contributed by atoms with Crippen LogP contribution in [0.5, 0.6) is 0 Å². The van der Waals surface area contributed by atoms with E-state index in [0.29, 0.717) is 0 Å². The van der Waals surface area contributed by atoms with Crippen molar-refractivity contribution < 1.29 is 5.11 Å². The van der Waals surface area contributed by atoms with Crippen molar-refractivity contribution in [2.75, 3.05) is 0 Å². The van der Waals surface area contributed by atoms with E-state index in [2.05, 4.69) is 4.90 Å². The molecule has 0 amide bonds. The normalized spacial score (nSPS) is 48.6. The summed E-state index contributed by atoms with van der Waals surface area (Å²) >= 11 is 0. The van der Waals surface area contributed by atoms with Crippen LogP contribution < -0.4 is 0 Å². The molecule has 80 valence electrons. The highest BCUT2D eigenvalue weighted by Crippen LogP contribution is 2.41. The van der Waals surface area contributed by atoms with Gasteiger partial charge in [0.15, 0.2) is 0 Å². The van der Waals surface area contributed by atoms with Gasteiger partial charge in [0.1, 0.15) is 0 Å². The highest BCUT2D eigenvalue weighted by atomic mass is 16.3. The molecule has 3 rings (SSSR count). The summed E-state index contributed by atoms with van der Waals surface area (Å²) in [5, 5.41) is 9.71. The molecule has 1 saturated carbocycles. The summed E-state index contributed by atoms with van der Waals surface area (Å²) in [6, 6.07) is 2.49. The van der Waals surface area contributed by atoms with Gasteiger partial charge in [0.25, 0.3) is 0 Å². The predicted molar refractivity (Wildman–Crippen MR) is 56.1 cm³/mol. The molecular formula is C12H21NO. The maximum absolute atomic E-state index is 9.71. The summed E-state index contributed by atoms with van der Waals surface area (Å²) in [5.74, 6) is 0. The number of hydrogen-bond acceptors (Lipinski definition) is 2. The standard InChI is InChI=1S/C12H21NO/c14-12-3-1-2-11(8-12)13-9-4-5-10(13)7-6-9/h9-12,14H,1-8H2. The maximum atomic E-state index is 9.71. The molecule has 2 nitrogen and oxygen atoms in total. The average molecular weight is 195 g/mol. The van der Waals surface area contributed by atoms with Gasteiger partial charge >= 0.3 is 0 Å². The van der Waals surface area contributed by atoms with E-state index in [9.17, 15) is 5.11 Å². The molecule has 2 atom stereocenters. The van der Waals surface area contributed by atoms with Crippen LogP contribution in [0.15, 0.2) is 0 Å². The molecule has 2 unspecified atom stereocenters. The first kappa shape index (κ1) is 9.17. The number of fused-ring (bicyclic) bond motifs is 2. The second kappa shape index (κ2) is 3.49. The molecule has 0 aromatic heterocycles. The fourth-order valence-corrected chi connectivity index (χ4v) is 3.96. The van der Waals surface area contributed by atoms with Gasteiger partial charge in [-0.3, -0.25) is 4.90 Å². The van der Waals surface area contributed by atoms with E-state index in [1.165, 1.54) is 38.5 Å². The lowest BCUT2D eigenvalue weighted by atomic mass is 9.91. The first-order valence-corrected chi connectivity index (χ1v) is 6.30. The van der Waals surface area contributed by atoms with Gasteiger partial charge in [0, 0.05) is 18.1 Å². The molecule has 0 aromatic rings. The van der Waals surface area contributed by atoms with Gasteiger partial charge in [-0.2, -0.15) is 0 Å². The van der Waals surface area contributed by atoms with Crippen LogP contribution >= 0.6 is 0 Å². The van der Waals surface area contributed by atoms with Crippen LogP contribution in [-0.4, -0.2) is 34.2 Å². The molecule has 2 heterocycles. The third-order valence-electron chi connectivity index (χ3n) is 4.55. The van der Waals surface area contributed by atoms with Crippen LogP contribution in [0.2, 0.25) is 0 Å². The van der Waals surface area contributed by atoms with Gasteiger partial charge in [0.2, 0.25) is 0 Å². The van der Waals surface area contributed by atoms with Gasteiger partial charge in [-0.1, -0.05) is 0 Å². The molecule has 1 aliphatic carbocycles. The third kappa shape index (κ3) is 1.40. The summed E-state index contributed by atoms with van der Waals surface area (Å²) in [6.07, 6.45) is 10.4. The quantitative estimate of drug-likeness (QED) is 0.691. The Morgan fingerprint density at radius 3 is 2.00 bits per heavy atom. The van der Waals surface area contributed by atoms with Crippen LogP contribution in [0, 0.1) is 0 Å². The van der Waals surface area contributed by atoms with E-state index in [4.69, 9.17) is 0 Å². The molecule has 3 aliphatic rings. The lowest BCUT2D eigenvalue weighted by molar-refractivity contribution is 0.0539.